The van der Waals surface area contributed by atoms with Crippen LogP contribution in [0.15, 0.2) is 52.0 Å². The number of carbonyl (C=O) groups excluding carboxylic acids is 1. The van der Waals surface area contributed by atoms with Gasteiger partial charge in [0.2, 0.25) is 0 Å². The lowest BCUT2D eigenvalue weighted by Gasteiger charge is -2.10. The monoisotopic (exact) mass is 392 g/mol. The van der Waals surface area contributed by atoms with Gasteiger partial charge < -0.3 is 14.6 Å². The van der Waals surface area contributed by atoms with E-state index in [4.69, 9.17) is 9.47 Å². The number of methoxy groups -OCH3 is 2. The zero-order valence-corrected chi connectivity index (χ0v) is 14.8. The van der Waals surface area contributed by atoms with Crippen LogP contribution >= 0.6 is 15.9 Å². The Balaban J connectivity index is 2.06. The maximum atomic E-state index is 12.0. The minimum absolute atomic E-state index is 0.477. The highest BCUT2D eigenvalue weighted by atomic mass is 79.9. The second-order valence-electron chi connectivity index (χ2n) is 4.77. The summed E-state index contributed by atoms with van der Waals surface area (Å²) in [5.74, 6) is 0.435. The number of hydrazone groups is 1. The molecule has 0 heterocycles. The maximum Gasteiger partial charge on any atom is 0.273 e. The molecular formula is C17H17BrN2O4. The molecule has 0 fully saturated rings. The molecule has 0 aliphatic carbocycles. The number of aliphatic hydroxyl groups is 1. The Bertz CT molecular complexity index is 732. The Morgan fingerprint density at radius 2 is 1.92 bits per heavy atom. The molecule has 1 amide bonds. The molecule has 0 radical (unpaired) electrons. The summed E-state index contributed by atoms with van der Waals surface area (Å²) in [6.45, 7) is 0. The minimum atomic E-state index is -1.30. The van der Waals surface area contributed by atoms with Crippen LogP contribution < -0.4 is 14.9 Å². The van der Waals surface area contributed by atoms with Gasteiger partial charge in [0.1, 0.15) is 0 Å². The number of nitrogens with one attached hydrogen (secondary N) is 1. The smallest absolute Gasteiger partial charge is 0.273 e. The number of ether oxygens (including phenoxy) is 2. The van der Waals surface area contributed by atoms with Gasteiger partial charge in [-0.25, -0.2) is 5.43 Å². The van der Waals surface area contributed by atoms with Crippen LogP contribution in [0.4, 0.5) is 0 Å². The molecule has 0 aliphatic rings. The van der Waals surface area contributed by atoms with Crippen molar-refractivity contribution in [3.63, 3.8) is 0 Å². The van der Waals surface area contributed by atoms with E-state index >= 15 is 0 Å². The number of carbonyl (C=O) groups is 1. The van der Waals surface area contributed by atoms with Crippen LogP contribution in [0.1, 0.15) is 17.2 Å². The molecule has 24 heavy (non-hydrogen) atoms. The van der Waals surface area contributed by atoms with Crippen molar-refractivity contribution >= 4 is 28.1 Å². The standard InChI is InChI=1S/C17H17BrN2O4/c1-23-14-5-3-4-12(16(14)24-2)10-19-20-17(22)15(21)11-6-8-13(18)9-7-11/h3-10,15,21H,1-2H3,(H,20,22). The number of hydrogen-bond acceptors (Lipinski definition) is 5. The Kier molecular flexibility index (Phi) is 6.34. The summed E-state index contributed by atoms with van der Waals surface area (Å²) < 4.78 is 11.3. The van der Waals surface area contributed by atoms with E-state index in [9.17, 15) is 9.90 Å². The molecule has 6 nitrogen and oxygen atoms in total. The number of benzene rings is 2. The molecule has 2 N–H and O–H groups in total. The number of halogens is 1. The Morgan fingerprint density at radius 3 is 2.54 bits per heavy atom. The fraction of sp³-hybridized carbons (Fsp3) is 0.176. The van der Waals surface area contributed by atoms with Gasteiger partial charge in [0, 0.05) is 10.0 Å². The van der Waals surface area contributed by atoms with Crippen LogP contribution in [-0.2, 0) is 4.79 Å². The zero-order valence-electron chi connectivity index (χ0n) is 13.2. The summed E-state index contributed by atoms with van der Waals surface area (Å²) in [6, 6.07) is 12.1. The second-order valence-corrected chi connectivity index (χ2v) is 5.69. The number of para-hydroxylation sites is 1. The van der Waals surface area contributed by atoms with E-state index in [0.29, 0.717) is 22.6 Å². The molecule has 0 aromatic heterocycles. The lowest BCUT2D eigenvalue weighted by molar-refractivity contribution is -0.129. The number of aliphatic hydroxyl groups excluding tert-OH is 1. The topological polar surface area (TPSA) is 80.2 Å². The predicted octanol–water partition coefficient (Wildman–Crippen LogP) is 2.65. The number of hydrogen-bond donors (Lipinski definition) is 2. The summed E-state index contributed by atoms with van der Waals surface area (Å²) in [4.78, 5) is 12.0. The second kappa shape index (κ2) is 8.47. The summed E-state index contributed by atoms with van der Waals surface area (Å²) in [5.41, 5.74) is 3.42. The third kappa shape index (κ3) is 4.33. The molecule has 0 saturated carbocycles. The Hall–Kier alpha value is -2.38. The fourth-order valence-electron chi connectivity index (χ4n) is 2.04. The third-order valence-electron chi connectivity index (χ3n) is 3.25. The van der Waals surface area contributed by atoms with Crippen LogP contribution in [0.25, 0.3) is 0 Å². The van der Waals surface area contributed by atoms with E-state index in [0.717, 1.165) is 4.47 Å². The van der Waals surface area contributed by atoms with Crippen LogP contribution in [0.2, 0.25) is 0 Å². The summed E-state index contributed by atoms with van der Waals surface area (Å²) in [6.07, 6.45) is 0.121. The van der Waals surface area contributed by atoms with Crippen molar-refractivity contribution in [3.8, 4) is 11.5 Å². The molecule has 0 saturated heterocycles. The van der Waals surface area contributed by atoms with Crippen molar-refractivity contribution in [1.82, 2.24) is 5.43 Å². The molecule has 2 aromatic rings. The van der Waals surface area contributed by atoms with Gasteiger partial charge in [-0.1, -0.05) is 34.1 Å². The van der Waals surface area contributed by atoms with Crippen LogP contribution in [0, 0.1) is 0 Å². The highest BCUT2D eigenvalue weighted by Crippen LogP contribution is 2.29. The normalized spacial score (nSPS) is 12.0. The molecule has 126 valence electrons. The molecular weight excluding hydrogens is 376 g/mol. The minimum Gasteiger partial charge on any atom is -0.493 e. The largest absolute Gasteiger partial charge is 0.493 e. The van der Waals surface area contributed by atoms with Crippen molar-refractivity contribution in [2.75, 3.05) is 14.2 Å². The highest BCUT2D eigenvalue weighted by molar-refractivity contribution is 9.10. The molecule has 7 heteroatoms. The van der Waals surface area contributed by atoms with Crippen molar-refractivity contribution in [1.29, 1.82) is 0 Å². The van der Waals surface area contributed by atoms with E-state index in [1.54, 1.807) is 42.5 Å². The van der Waals surface area contributed by atoms with Crippen molar-refractivity contribution in [3.05, 3.63) is 58.1 Å². The molecule has 0 aliphatic heterocycles. The van der Waals surface area contributed by atoms with E-state index in [-0.39, 0.29) is 0 Å². The molecule has 2 rings (SSSR count). The molecule has 1 unspecified atom stereocenters. The van der Waals surface area contributed by atoms with E-state index in [2.05, 4.69) is 26.5 Å². The fourth-order valence-corrected chi connectivity index (χ4v) is 2.30. The van der Waals surface area contributed by atoms with E-state index < -0.39 is 12.0 Å². The van der Waals surface area contributed by atoms with Crippen molar-refractivity contribution < 1.29 is 19.4 Å². The first kappa shape index (κ1) is 18.0. The van der Waals surface area contributed by atoms with Crippen molar-refractivity contribution in [2.24, 2.45) is 5.10 Å². The zero-order chi connectivity index (χ0) is 17.5. The van der Waals surface area contributed by atoms with E-state index in [1.165, 1.54) is 20.4 Å². The van der Waals surface area contributed by atoms with Gasteiger partial charge in [0.15, 0.2) is 17.6 Å². The first-order chi connectivity index (χ1) is 11.6. The first-order valence-electron chi connectivity index (χ1n) is 7.04. The highest BCUT2D eigenvalue weighted by Gasteiger charge is 2.16. The van der Waals surface area contributed by atoms with Gasteiger partial charge in [-0.3, -0.25) is 4.79 Å². The summed E-state index contributed by atoms with van der Waals surface area (Å²) in [5, 5.41) is 13.9. The van der Waals surface area contributed by atoms with Gasteiger partial charge in [-0.15, -0.1) is 0 Å². The molecule has 0 spiro atoms. The summed E-state index contributed by atoms with van der Waals surface area (Å²) in [7, 11) is 3.06. The Morgan fingerprint density at radius 1 is 1.21 bits per heavy atom. The van der Waals surface area contributed by atoms with Crippen molar-refractivity contribution in [2.45, 2.75) is 6.10 Å². The van der Waals surface area contributed by atoms with Crippen LogP contribution in [-0.4, -0.2) is 31.4 Å². The van der Waals surface area contributed by atoms with Gasteiger partial charge in [-0.2, -0.15) is 5.10 Å². The average molecular weight is 393 g/mol. The van der Waals surface area contributed by atoms with Gasteiger partial charge in [-0.05, 0) is 29.8 Å². The number of nitrogens with zero attached hydrogens (tertiary/aromatic N) is 1. The van der Waals surface area contributed by atoms with Gasteiger partial charge >= 0.3 is 0 Å². The van der Waals surface area contributed by atoms with Gasteiger partial charge in [0.25, 0.3) is 5.91 Å². The van der Waals surface area contributed by atoms with Crippen LogP contribution in [0.3, 0.4) is 0 Å². The first-order valence-corrected chi connectivity index (χ1v) is 7.83. The Labute approximate surface area is 148 Å². The maximum absolute atomic E-state index is 12.0. The lowest BCUT2D eigenvalue weighted by Crippen LogP contribution is -2.25. The van der Waals surface area contributed by atoms with Crippen LogP contribution in [0.5, 0.6) is 11.5 Å². The molecule has 1 atom stereocenters. The molecule has 0 bridgehead atoms. The number of amides is 1. The SMILES string of the molecule is COc1cccc(C=NNC(=O)C(O)c2ccc(Br)cc2)c1OC. The average Bonchev–Trinajstić information content (AvgIpc) is 2.61. The van der Waals surface area contributed by atoms with E-state index in [1.807, 2.05) is 0 Å². The van der Waals surface area contributed by atoms with Gasteiger partial charge in [0.05, 0.1) is 20.4 Å². The predicted molar refractivity (Wildman–Crippen MR) is 94.4 cm³/mol. The third-order valence-corrected chi connectivity index (χ3v) is 3.77. The summed E-state index contributed by atoms with van der Waals surface area (Å²) >= 11 is 3.30. The number of rotatable bonds is 6. The lowest BCUT2D eigenvalue weighted by atomic mass is 10.1. The molecule has 2 aromatic carbocycles. The quantitative estimate of drug-likeness (QED) is 0.584.